The number of hydrogen-bond acceptors (Lipinski definition) is 0. The Balaban J connectivity index is 0.000000372. The Morgan fingerprint density at radius 3 is 2.46 bits per heavy atom. The Morgan fingerprint density at radius 1 is 1.04 bits per heavy atom. The summed E-state index contributed by atoms with van der Waals surface area (Å²) in [5.41, 5.74) is 8.15. The minimum absolute atomic E-state index is 0. The average molecular weight is 460 g/mol. The molecule has 5 rings (SSSR count). The quantitative estimate of drug-likeness (QED) is 0.303. The van der Waals surface area contributed by atoms with E-state index in [0.717, 1.165) is 12.8 Å². The Morgan fingerprint density at radius 2 is 1.81 bits per heavy atom. The van der Waals surface area contributed by atoms with Crippen LogP contribution in [0.15, 0.2) is 54.6 Å². The first-order chi connectivity index (χ1) is 11.3. The molecule has 0 saturated heterocycles. The molecule has 130 valence electrons. The number of fused-ring (bicyclic) bond motifs is 5. The molecule has 1 aromatic heterocycles. The van der Waals surface area contributed by atoms with Crippen molar-refractivity contribution in [2.45, 2.75) is 19.8 Å². The number of rotatable bonds is 0. The van der Waals surface area contributed by atoms with Gasteiger partial charge in [0.1, 0.15) is 0 Å². The third-order valence-corrected chi connectivity index (χ3v) is 4.58. The molecule has 2 aliphatic rings. The fourth-order valence-electron chi connectivity index (χ4n) is 3.49. The Hall–Kier alpha value is -1.08. The number of aromatic nitrogens is 1. The second kappa shape index (κ2) is 9.74. The summed E-state index contributed by atoms with van der Waals surface area (Å²) in [5.74, 6) is 0. The van der Waals surface area contributed by atoms with E-state index >= 15 is 0 Å². The van der Waals surface area contributed by atoms with Gasteiger partial charge < -0.3 is 29.4 Å². The van der Waals surface area contributed by atoms with E-state index in [1.807, 2.05) is 12.2 Å². The van der Waals surface area contributed by atoms with Crippen molar-refractivity contribution in [3.63, 3.8) is 0 Å². The van der Waals surface area contributed by atoms with Gasteiger partial charge in [-0.05, 0) is 23.1 Å². The summed E-state index contributed by atoms with van der Waals surface area (Å²) >= 11 is 0. The number of hydrogen-bond donors (Lipinski definition) is 0. The molecule has 0 fully saturated rings. The Kier molecular flexibility index (Phi) is 8.60. The van der Waals surface area contributed by atoms with Crippen LogP contribution >= 0.6 is 0 Å². The van der Waals surface area contributed by atoms with Gasteiger partial charge in [-0.3, -0.25) is 6.08 Å². The maximum absolute atomic E-state index is 3.52. The van der Waals surface area contributed by atoms with Crippen molar-refractivity contribution in [2.75, 3.05) is 0 Å². The molecule has 0 saturated carbocycles. The predicted molar refractivity (Wildman–Crippen MR) is 96.3 cm³/mol. The van der Waals surface area contributed by atoms with Crippen molar-refractivity contribution in [1.29, 1.82) is 0 Å². The molecule has 0 aliphatic heterocycles. The zero-order chi connectivity index (χ0) is 15.8. The molecule has 0 atom stereocenters. The van der Waals surface area contributed by atoms with Gasteiger partial charge in [-0.25, -0.2) is 12.2 Å². The van der Waals surface area contributed by atoms with Crippen LogP contribution < -0.4 is 24.8 Å². The van der Waals surface area contributed by atoms with E-state index in [1.54, 1.807) is 0 Å². The first-order valence-electron chi connectivity index (χ1n) is 8.06. The topological polar surface area (TPSA) is 4.93 Å². The summed E-state index contributed by atoms with van der Waals surface area (Å²) in [6.07, 6.45) is 11.0. The van der Waals surface area contributed by atoms with Crippen molar-refractivity contribution in [1.82, 2.24) is 4.57 Å². The van der Waals surface area contributed by atoms with Gasteiger partial charge in [0, 0.05) is 12.7 Å². The van der Waals surface area contributed by atoms with Crippen LogP contribution in [0.1, 0.15) is 23.1 Å². The SMILES string of the molecule is Cc1[c-]c2c3c(n(C)c2cc1)-c1ccccc1C3.[C-]1=CC=CC1.[Cl-].[Cl-].[Zr+4]. The van der Waals surface area contributed by atoms with E-state index in [-0.39, 0.29) is 51.0 Å². The van der Waals surface area contributed by atoms with Crippen LogP contribution in [-0.4, -0.2) is 4.57 Å². The van der Waals surface area contributed by atoms with E-state index in [2.05, 4.69) is 73.2 Å². The smallest absolute Gasteiger partial charge is 1.00 e. The van der Waals surface area contributed by atoms with Crippen molar-refractivity contribution in [3.05, 3.63) is 83.5 Å². The first kappa shape index (κ1) is 23.0. The molecule has 0 radical (unpaired) electrons. The van der Waals surface area contributed by atoms with E-state index in [1.165, 1.54) is 38.9 Å². The van der Waals surface area contributed by atoms with E-state index in [4.69, 9.17) is 0 Å². The van der Waals surface area contributed by atoms with Gasteiger partial charge in [0.15, 0.2) is 0 Å². The fourth-order valence-corrected chi connectivity index (χ4v) is 3.49. The van der Waals surface area contributed by atoms with Crippen LogP contribution in [0, 0.1) is 19.1 Å². The molecule has 1 heterocycles. The summed E-state index contributed by atoms with van der Waals surface area (Å²) in [6, 6.07) is 16.6. The van der Waals surface area contributed by atoms with Crippen molar-refractivity contribution < 1.29 is 51.0 Å². The third-order valence-electron chi connectivity index (χ3n) is 4.58. The second-order valence-electron chi connectivity index (χ2n) is 6.12. The van der Waals surface area contributed by atoms with Crippen LogP contribution in [0.2, 0.25) is 0 Å². The zero-order valence-corrected chi connectivity index (χ0v) is 18.8. The summed E-state index contributed by atoms with van der Waals surface area (Å²) in [6.45, 7) is 2.11. The molecular weight excluding hydrogens is 440 g/mol. The summed E-state index contributed by atoms with van der Waals surface area (Å²) < 4.78 is 2.31. The van der Waals surface area contributed by atoms with Gasteiger partial charge in [0.2, 0.25) is 0 Å². The van der Waals surface area contributed by atoms with Gasteiger partial charge in [-0.15, -0.1) is 35.6 Å². The minimum atomic E-state index is 0. The number of allylic oxidation sites excluding steroid dienone is 4. The molecule has 26 heavy (non-hydrogen) atoms. The van der Waals surface area contributed by atoms with Gasteiger partial charge in [-0.2, -0.15) is 6.08 Å². The predicted octanol–water partition coefficient (Wildman–Crippen LogP) is -0.831. The fraction of sp³-hybridized carbons (Fsp3) is 0.182. The molecule has 0 spiro atoms. The maximum atomic E-state index is 3.52. The number of halogens is 2. The summed E-state index contributed by atoms with van der Waals surface area (Å²) in [7, 11) is 2.16. The van der Waals surface area contributed by atoms with Crippen molar-refractivity contribution in [2.24, 2.45) is 7.05 Å². The molecule has 0 bridgehead atoms. The van der Waals surface area contributed by atoms with Crippen LogP contribution in [0.5, 0.6) is 0 Å². The van der Waals surface area contributed by atoms with Crippen LogP contribution in [0.25, 0.3) is 22.2 Å². The number of benzene rings is 2. The minimum Gasteiger partial charge on any atom is -1.00 e. The van der Waals surface area contributed by atoms with Gasteiger partial charge in [0.05, 0.1) is 0 Å². The molecule has 3 aromatic rings. The van der Waals surface area contributed by atoms with Gasteiger partial charge in [-0.1, -0.05) is 36.8 Å². The summed E-state index contributed by atoms with van der Waals surface area (Å²) in [4.78, 5) is 0. The van der Waals surface area contributed by atoms with Gasteiger partial charge >= 0.3 is 26.2 Å². The molecule has 1 nitrogen and oxygen atoms in total. The molecular formula is C22H19Cl2NZr. The number of nitrogens with zero attached hydrogens (tertiary/aromatic N) is 1. The van der Waals surface area contributed by atoms with Crippen molar-refractivity contribution >= 4 is 10.9 Å². The monoisotopic (exact) mass is 457 g/mol. The molecule has 0 N–H and O–H groups in total. The van der Waals surface area contributed by atoms with Crippen LogP contribution in [0.3, 0.4) is 0 Å². The zero-order valence-electron chi connectivity index (χ0n) is 14.8. The third kappa shape index (κ3) is 4.09. The molecule has 2 aliphatic carbocycles. The second-order valence-corrected chi connectivity index (χ2v) is 6.12. The molecule has 0 amide bonds. The normalized spacial score (nSPS) is 12.2. The largest absolute Gasteiger partial charge is 4.00 e. The average Bonchev–Trinajstić information content (AvgIpc) is 3.28. The molecule has 0 unspecified atom stereocenters. The van der Waals surface area contributed by atoms with Crippen molar-refractivity contribution in [3.8, 4) is 11.3 Å². The molecule has 4 heteroatoms. The Bertz CT molecular complexity index is 944. The first-order valence-corrected chi connectivity index (χ1v) is 8.06. The van der Waals surface area contributed by atoms with Crippen LogP contribution in [-0.2, 0) is 39.7 Å². The standard InChI is InChI=1S/C17H14N.C5H5.2ClH.Zr/c1-11-7-8-16-14(9-11)15-10-12-5-3-4-6-13(12)17(15)18(16)2;1-2-4-5-3-1;;;/h3-8H,10H2,1-2H3;1-3H,4H2;2*1H;/q2*-1;;;+4/p-2. The molecule has 2 aromatic carbocycles. The Labute approximate surface area is 187 Å². The van der Waals surface area contributed by atoms with Crippen LogP contribution in [0.4, 0.5) is 0 Å². The maximum Gasteiger partial charge on any atom is 4.00 e. The van der Waals surface area contributed by atoms with Gasteiger partial charge in [0.25, 0.3) is 0 Å². The van der Waals surface area contributed by atoms with E-state index in [0.29, 0.717) is 0 Å². The number of aryl methyl sites for hydroxylation is 2. The summed E-state index contributed by atoms with van der Waals surface area (Å²) in [5, 5.41) is 1.30. The van der Waals surface area contributed by atoms with E-state index in [9.17, 15) is 0 Å². The van der Waals surface area contributed by atoms with E-state index < -0.39 is 0 Å².